The SMILES string of the molecule is CN(C(=O)c1cc(C2CC2)on1)C1CCN(Cc2ccccc2)CC1. The van der Waals surface area contributed by atoms with Crippen molar-refractivity contribution in [2.75, 3.05) is 20.1 Å². The fraction of sp³-hybridized carbons (Fsp3) is 0.500. The summed E-state index contributed by atoms with van der Waals surface area (Å²) in [6, 6.07) is 12.7. The summed E-state index contributed by atoms with van der Waals surface area (Å²) in [6.45, 7) is 3.02. The summed E-state index contributed by atoms with van der Waals surface area (Å²) in [6.07, 6.45) is 4.31. The molecule has 2 fully saturated rings. The predicted molar refractivity (Wildman–Crippen MR) is 95.3 cm³/mol. The monoisotopic (exact) mass is 339 g/mol. The fourth-order valence-electron chi connectivity index (χ4n) is 3.60. The summed E-state index contributed by atoms with van der Waals surface area (Å²) in [4.78, 5) is 17.0. The van der Waals surface area contributed by atoms with Crippen molar-refractivity contribution in [1.82, 2.24) is 15.0 Å². The second kappa shape index (κ2) is 7.00. The molecule has 1 aliphatic heterocycles. The van der Waals surface area contributed by atoms with Gasteiger partial charge in [-0.1, -0.05) is 35.5 Å². The van der Waals surface area contributed by atoms with Crippen LogP contribution in [0.3, 0.4) is 0 Å². The Morgan fingerprint density at radius 1 is 1.20 bits per heavy atom. The van der Waals surface area contributed by atoms with Gasteiger partial charge in [0.1, 0.15) is 5.76 Å². The van der Waals surface area contributed by atoms with Crippen molar-refractivity contribution in [3.63, 3.8) is 0 Å². The number of piperidine rings is 1. The van der Waals surface area contributed by atoms with Crippen LogP contribution in [0.4, 0.5) is 0 Å². The summed E-state index contributed by atoms with van der Waals surface area (Å²) in [5, 5.41) is 3.99. The molecule has 0 N–H and O–H groups in total. The van der Waals surface area contributed by atoms with Crippen LogP contribution in [0.5, 0.6) is 0 Å². The van der Waals surface area contributed by atoms with Gasteiger partial charge in [0.25, 0.3) is 5.91 Å². The molecule has 5 nitrogen and oxygen atoms in total. The van der Waals surface area contributed by atoms with Crippen LogP contribution in [-0.2, 0) is 6.54 Å². The van der Waals surface area contributed by atoms with Gasteiger partial charge in [-0.15, -0.1) is 0 Å². The molecule has 132 valence electrons. The third-order valence-corrected chi connectivity index (χ3v) is 5.40. The maximum absolute atomic E-state index is 12.7. The van der Waals surface area contributed by atoms with Gasteiger partial charge in [-0.3, -0.25) is 9.69 Å². The maximum Gasteiger partial charge on any atom is 0.276 e. The molecule has 1 saturated carbocycles. The van der Waals surface area contributed by atoms with Crippen LogP contribution in [0.2, 0.25) is 0 Å². The lowest BCUT2D eigenvalue weighted by Gasteiger charge is -2.36. The number of rotatable bonds is 5. The van der Waals surface area contributed by atoms with Crippen LogP contribution in [0.1, 0.15) is 53.4 Å². The number of hydrogen-bond donors (Lipinski definition) is 0. The van der Waals surface area contributed by atoms with E-state index in [-0.39, 0.29) is 11.9 Å². The van der Waals surface area contributed by atoms with Gasteiger partial charge in [0.15, 0.2) is 5.69 Å². The molecule has 0 bridgehead atoms. The van der Waals surface area contributed by atoms with Crippen LogP contribution in [0.25, 0.3) is 0 Å². The van der Waals surface area contributed by atoms with Crippen LogP contribution < -0.4 is 0 Å². The van der Waals surface area contributed by atoms with E-state index >= 15 is 0 Å². The fourth-order valence-corrected chi connectivity index (χ4v) is 3.60. The lowest BCUT2D eigenvalue weighted by molar-refractivity contribution is 0.0626. The van der Waals surface area contributed by atoms with E-state index in [9.17, 15) is 4.79 Å². The van der Waals surface area contributed by atoms with Gasteiger partial charge in [-0.05, 0) is 31.2 Å². The smallest absolute Gasteiger partial charge is 0.276 e. The highest BCUT2D eigenvalue weighted by atomic mass is 16.5. The second-order valence-corrected chi connectivity index (χ2v) is 7.30. The summed E-state index contributed by atoms with van der Waals surface area (Å²) < 4.78 is 5.32. The number of benzene rings is 1. The molecule has 0 spiro atoms. The third kappa shape index (κ3) is 3.76. The van der Waals surface area contributed by atoms with E-state index in [1.807, 2.05) is 18.0 Å². The van der Waals surface area contributed by atoms with Gasteiger partial charge in [0.2, 0.25) is 0 Å². The highest BCUT2D eigenvalue weighted by molar-refractivity contribution is 5.92. The molecule has 2 heterocycles. The molecular weight excluding hydrogens is 314 g/mol. The third-order valence-electron chi connectivity index (χ3n) is 5.40. The first-order valence-corrected chi connectivity index (χ1v) is 9.21. The van der Waals surface area contributed by atoms with E-state index in [0.717, 1.165) is 51.1 Å². The zero-order valence-electron chi connectivity index (χ0n) is 14.7. The number of hydrogen-bond acceptors (Lipinski definition) is 4. The number of carbonyl (C=O) groups is 1. The van der Waals surface area contributed by atoms with Crippen LogP contribution in [0.15, 0.2) is 40.9 Å². The Morgan fingerprint density at radius 2 is 1.92 bits per heavy atom. The van der Waals surface area contributed by atoms with Gasteiger partial charge >= 0.3 is 0 Å². The van der Waals surface area contributed by atoms with E-state index in [0.29, 0.717) is 11.6 Å². The highest BCUT2D eigenvalue weighted by Crippen LogP contribution is 2.40. The van der Waals surface area contributed by atoms with Crippen LogP contribution in [-0.4, -0.2) is 47.0 Å². The van der Waals surface area contributed by atoms with Crippen LogP contribution >= 0.6 is 0 Å². The summed E-state index contributed by atoms with van der Waals surface area (Å²) in [5.41, 5.74) is 1.80. The largest absolute Gasteiger partial charge is 0.360 e. The van der Waals surface area contributed by atoms with E-state index < -0.39 is 0 Å². The average molecular weight is 339 g/mol. The molecular formula is C20H25N3O2. The zero-order valence-corrected chi connectivity index (χ0v) is 14.7. The average Bonchev–Trinajstić information content (AvgIpc) is 3.39. The Kier molecular flexibility index (Phi) is 4.57. The van der Waals surface area contributed by atoms with Crippen molar-refractivity contribution in [2.24, 2.45) is 0 Å². The number of nitrogens with zero attached hydrogens (tertiary/aromatic N) is 3. The molecule has 2 aliphatic rings. The standard InChI is InChI=1S/C20H25N3O2/c1-22(20(24)18-13-19(25-21-18)16-7-8-16)17-9-11-23(12-10-17)14-15-5-3-2-4-6-15/h2-6,13,16-17H,7-12,14H2,1H3. The van der Waals surface area contributed by atoms with Gasteiger partial charge in [0.05, 0.1) is 0 Å². The van der Waals surface area contributed by atoms with E-state index in [1.54, 1.807) is 0 Å². The minimum atomic E-state index is -0.0165. The van der Waals surface area contributed by atoms with Crippen molar-refractivity contribution >= 4 is 5.91 Å². The quantitative estimate of drug-likeness (QED) is 0.839. The molecule has 2 aromatic rings. The first kappa shape index (κ1) is 16.3. The summed E-state index contributed by atoms with van der Waals surface area (Å²) in [5.74, 6) is 1.34. The first-order valence-electron chi connectivity index (χ1n) is 9.21. The van der Waals surface area contributed by atoms with Gasteiger partial charge < -0.3 is 9.42 Å². The van der Waals surface area contributed by atoms with Crippen molar-refractivity contribution in [3.05, 3.63) is 53.4 Å². The Labute approximate surface area is 148 Å². The molecule has 1 aromatic heterocycles. The molecule has 5 heteroatoms. The lowest BCUT2D eigenvalue weighted by Crippen LogP contribution is -2.45. The molecule has 0 unspecified atom stereocenters. The molecule has 4 rings (SSSR count). The minimum Gasteiger partial charge on any atom is -0.360 e. The van der Waals surface area contributed by atoms with E-state index in [1.165, 1.54) is 5.56 Å². The molecule has 0 radical (unpaired) electrons. The minimum absolute atomic E-state index is 0.0165. The molecule has 1 aromatic carbocycles. The van der Waals surface area contributed by atoms with E-state index in [2.05, 4.69) is 40.4 Å². The number of carbonyl (C=O) groups excluding carboxylic acids is 1. The van der Waals surface area contributed by atoms with Crippen molar-refractivity contribution in [2.45, 2.75) is 44.2 Å². The Hall–Kier alpha value is -2.14. The summed E-state index contributed by atoms with van der Waals surface area (Å²) in [7, 11) is 1.89. The molecule has 1 saturated heterocycles. The number of amides is 1. The van der Waals surface area contributed by atoms with Gasteiger partial charge in [-0.2, -0.15) is 0 Å². The second-order valence-electron chi connectivity index (χ2n) is 7.30. The summed E-state index contributed by atoms with van der Waals surface area (Å²) >= 11 is 0. The molecule has 25 heavy (non-hydrogen) atoms. The molecule has 1 aliphatic carbocycles. The Bertz CT molecular complexity index is 716. The van der Waals surface area contributed by atoms with Gasteiger partial charge in [-0.25, -0.2) is 0 Å². The normalized spacial score (nSPS) is 19.1. The van der Waals surface area contributed by atoms with E-state index in [4.69, 9.17) is 4.52 Å². The van der Waals surface area contributed by atoms with Crippen molar-refractivity contribution < 1.29 is 9.32 Å². The molecule has 1 amide bonds. The number of aromatic nitrogens is 1. The first-order chi connectivity index (χ1) is 12.2. The predicted octanol–water partition coefficient (Wildman–Crippen LogP) is 3.29. The zero-order chi connectivity index (χ0) is 17.2. The Balaban J connectivity index is 1.31. The van der Waals surface area contributed by atoms with Crippen molar-refractivity contribution in [1.29, 1.82) is 0 Å². The molecule has 0 atom stereocenters. The topological polar surface area (TPSA) is 49.6 Å². The Morgan fingerprint density at radius 3 is 2.60 bits per heavy atom. The maximum atomic E-state index is 12.7. The van der Waals surface area contributed by atoms with Crippen LogP contribution in [0, 0.1) is 0 Å². The van der Waals surface area contributed by atoms with Crippen molar-refractivity contribution in [3.8, 4) is 0 Å². The lowest BCUT2D eigenvalue weighted by atomic mass is 10.0. The highest BCUT2D eigenvalue weighted by Gasteiger charge is 2.31. The van der Waals surface area contributed by atoms with Gasteiger partial charge in [0, 0.05) is 44.7 Å². The number of likely N-dealkylation sites (tertiary alicyclic amines) is 1.